The molecule has 0 aliphatic rings. The molecule has 2 amide bonds. The Hall–Kier alpha value is -2.29. The molecule has 128 valence electrons. The summed E-state index contributed by atoms with van der Waals surface area (Å²) in [6, 6.07) is 4.40. The summed E-state index contributed by atoms with van der Waals surface area (Å²) in [7, 11) is 3.20. The number of alkyl halides is 3. The van der Waals surface area contributed by atoms with Gasteiger partial charge in [-0.3, -0.25) is 9.59 Å². The lowest BCUT2D eigenvalue weighted by molar-refractivity contribution is -0.885. The van der Waals surface area contributed by atoms with E-state index in [-0.39, 0.29) is 24.1 Å². The van der Waals surface area contributed by atoms with Crippen molar-refractivity contribution < 1.29 is 32.4 Å². The summed E-state index contributed by atoms with van der Waals surface area (Å²) in [5.74, 6) is -0.918. The van der Waals surface area contributed by atoms with Gasteiger partial charge in [-0.25, -0.2) is 0 Å². The summed E-state index contributed by atoms with van der Waals surface area (Å²) in [5, 5.41) is 5.04. The minimum atomic E-state index is -4.76. The molecule has 0 heterocycles. The zero-order chi connectivity index (χ0) is 17.6. The molecule has 1 aromatic carbocycles. The summed E-state index contributed by atoms with van der Waals surface area (Å²) in [5.41, 5.74) is 0.338. The van der Waals surface area contributed by atoms with Crippen LogP contribution in [0.5, 0.6) is 5.75 Å². The minimum Gasteiger partial charge on any atom is -0.406 e. The van der Waals surface area contributed by atoms with E-state index in [0.717, 1.165) is 12.1 Å². The van der Waals surface area contributed by atoms with Crippen molar-refractivity contribution >= 4 is 17.5 Å². The third kappa shape index (κ3) is 6.55. The zero-order valence-corrected chi connectivity index (χ0v) is 13.0. The van der Waals surface area contributed by atoms with E-state index in [1.54, 1.807) is 14.0 Å². The van der Waals surface area contributed by atoms with Gasteiger partial charge in [0.15, 0.2) is 12.6 Å². The summed E-state index contributed by atoms with van der Waals surface area (Å²) in [4.78, 5) is 24.0. The van der Waals surface area contributed by atoms with Crippen molar-refractivity contribution in [1.29, 1.82) is 0 Å². The Kier molecular flexibility index (Phi) is 6.38. The molecule has 0 aliphatic heterocycles. The van der Waals surface area contributed by atoms with Crippen molar-refractivity contribution in [3.8, 4) is 5.75 Å². The molecule has 1 unspecified atom stereocenters. The third-order valence-electron chi connectivity index (χ3n) is 3.19. The van der Waals surface area contributed by atoms with E-state index in [9.17, 15) is 22.8 Å². The van der Waals surface area contributed by atoms with Crippen LogP contribution in [-0.2, 0) is 9.59 Å². The van der Waals surface area contributed by atoms with Gasteiger partial charge in [-0.15, -0.1) is 13.2 Å². The largest absolute Gasteiger partial charge is 0.573 e. The lowest BCUT2D eigenvalue weighted by Crippen LogP contribution is -3.15. The van der Waals surface area contributed by atoms with Crippen molar-refractivity contribution in [2.75, 3.05) is 26.0 Å². The van der Waals surface area contributed by atoms with Gasteiger partial charge in [0.05, 0.1) is 7.05 Å². The number of hydrogen-bond acceptors (Lipinski definition) is 3. The summed E-state index contributed by atoms with van der Waals surface area (Å²) in [6.45, 7) is 1.72. The first-order valence-corrected chi connectivity index (χ1v) is 6.82. The van der Waals surface area contributed by atoms with Crippen molar-refractivity contribution in [2.45, 2.75) is 19.3 Å². The number of hydrogen-bond donors (Lipinski definition) is 3. The van der Waals surface area contributed by atoms with Gasteiger partial charge in [-0.2, -0.15) is 0 Å². The maximum atomic E-state index is 12.0. The maximum Gasteiger partial charge on any atom is 0.573 e. The molecule has 0 bridgehead atoms. The van der Waals surface area contributed by atoms with Crippen LogP contribution in [0, 0.1) is 0 Å². The number of amides is 2. The highest BCUT2D eigenvalue weighted by Gasteiger charge is 2.31. The average Bonchev–Trinajstić information content (AvgIpc) is 2.46. The van der Waals surface area contributed by atoms with E-state index in [0.29, 0.717) is 10.6 Å². The van der Waals surface area contributed by atoms with Gasteiger partial charge in [0.25, 0.3) is 11.8 Å². The van der Waals surface area contributed by atoms with Gasteiger partial charge in [0, 0.05) is 12.7 Å². The normalized spacial score (nSPS) is 13.8. The van der Waals surface area contributed by atoms with Crippen LogP contribution in [0.3, 0.4) is 0 Å². The van der Waals surface area contributed by atoms with Gasteiger partial charge in [-0.05, 0) is 31.2 Å². The molecular weight excluding hydrogens is 315 g/mol. The van der Waals surface area contributed by atoms with Crippen LogP contribution in [0.15, 0.2) is 24.3 Å². The number of carbonyl (C=O) groups excluding carboxylic acids is 2. The van der Waals surface area contributed by atoms with Crippen LogP contribution < -0.4 is 20.3 Å². The molecule has 0 aromatic heterocycles. The monoisotopic (exact) mass is 334 g/mol. The van der Waals surface area contributed by atoms with E-state index >= 15 is 0 Å². The number of anilines is 1. The molecule has 1 rings (SSSR count). The Morgan fingerprint density at radius 3 is 2.30 bits per heavy atom. The molecule has 0 spiro atoms. The van der Waals surface area contributed by atoms with E-state index in [2.05, 4.69) is 15.4 Å². The molecule has 2 atom stereocenters. The zero-order valence-electron chi connectivity index (χ0n) is 13.0. The Morgan fingerprint density at radius 2 is 1.83 bits per heavy atom. The first kappa shape index (κ1) is 18.8. The van der Waals surface area contributed by atoms with Crippen LogP contribution >= 0.6 is 0 Å². The van der Waals surface area contributed by atoms with E-state index in [1.165, 1.54) is 19.2 Å². The highest BCUT2D eigenvalue weighted by atomic mass is 19.4. The standard InChI is InChI=1S/C14H18F3N3O3/c1-9(13(22)18-2)20(3)8-12(21)19-10-4-6-11(7-5-10)23-14(15,16)17/h4-7,9H,8H2,1-3H3,(H,18,22)(H,19,21)/p+1/t9-/m0/s1. The van der Waals surface area contributed by atoms with Crippen molar-refractivity contribution in [1.82, 2.24) is 5.32 Å². The second-order valence-corrected chi connectivity index (χ2v) is 4.98. The Balaban J connectivity index is 2.56. The molecule has 6 nitrogen and oxygen atoms in total. The molecule has 9 heteroatoms. The van der Waals surface area contributed by atoms with Gasteiger partial charge in [0.2, 0.25) is 0 Å². The lowest BCUT2D eigenvalue weighted by Gasteiger charge is -2.19. The molecule has 0 saturated heterocycles. The van der Waals surface area contributed by atoms with Crippen LogP contribution in [0.1, 0.15) is 6.92 Å². The fourth-order valence-electron chi connectivity index (χ4n) is 1.79. The number of carbonyl (C=O) groups is 2. The minimum absolute atomic E-state index is 0.0371. The van der Waals surface area contributed by atoms with Crippen LogP contribution in [0.2, 0.25) is 0 Å². The van der Waals surface area contributed by atoms with Gasteiger partial charge in [0.1, 0.15) is 5.75 Å². The van der Waals surface area contributed by atoms with Crippen LogP contribution in [0.25, 0.3) is 0 Å². The van der Waals surface area contributed by atoms with Crippen molar-refractivity contribution in [3.63, 3.8) is 0 Å². The van der Waals surface area contributed by atoms with E-state index in [1.807, 2.05) is 0 Å². The predicted molar refractivity (Wildman–Crippen MR) is 77.0 cm³/mol. The summed E-state index contributed by atoms with van der Waals surface area (Å²) < 4.78 is 39.8. The quantitative estimate of drug-likeness (QED) is 0.695. The predicted octanol–water partition coefficient (Wildman–Crippen LogP) is 0.173. The number of nitrogens with one attached hydrogen (secondary N) is 3. The van der Waals surface area contributed by atoms with Crippen LogP contribution in [-0.4, -0.2) is 44.9 Å². The Morgan fingerprint density at radius 1 is 1.26 bits per heavy atom. The van der Waals surface area contributed by atoms with Gasteiger partial charge >= 0.3 is 6.36 Å². The molecule has 3 N–H and O–H groups in total. The van der Waals surface area contributed by atoms with E-state index in [4.69, 9.17) is 0 Å². The SMILES string of the molecule is CNC(=O)[C@H](C)[NH+](C)CC(=O)Nc1ccc(OC(F)(F)F)cc1. The van der Waals surface area contributed by atoms with Crippen LogP contribution in [0.4, 0.5) is 18.9 Å². The second kappa shape index (κ2) is 7.82. The van der Waals surface area contributed by atoms with Gasteiger partial charge in [-0.1, -0.05) is 0 Å². The Labute approximate surface area is 131 Å². The molecule has 1 aromatic rings. The van der Waals surface area contributed by atoms with Crippen molar-refractivity contribution in [3.05, 3.63) is 24.3 Å². The average molecular weight is 334 g/mol. The fourth-order valence-corrected chi connectivity index (χ4v) is 1.79. The topological polar surface area (TPSA) is 71.9 Å². The van der Waals surface area contributed by atoms with Gasteiger partial charge < -0.3 is 20.3 Å². The molecule has 0 aliphatic carbocycles. The maximum absolute atomic E-state index is 12.0. The number of halogens is 3. The first-order valence-electron chi connectivity index (χ1n) is 6.82. The molecule has 0 radical (unpaired) electrons. The third-order valence-corrected chi connectivity index (χ3v) is 3.19. The lowest BCUT2D eigenvalue weighted by atomic mass is 10.2. The Bertz CT molecular complexity index is 546. The summed E-state index contributed by atoms with van der Waals surface area (Å²) in [6.07, 6.45) is -4.76. The fraction of sp³-hybridized carbons (Fsp3) is 0.429. The molecule has 23 heavy (non-hydrogen) atoms. The number of quaternary nitrogens is 1. The molecular formula is C14H19F3N3O3+. The number of likely N-dealkylation sites (N-methyl/N-ethyl adjacent to an activating group) is 2. The van der Waals surface area contributed by atoms with Crippen molar-refractivity contribution in [2.24, 2.45) is 0 Å². The molecule has 0 saturated carbocycles. The number of rotatable bonds is 6. The molecule has 0 fully saturated rings. The van der Waals surface area contributed by atoms with E-state index < -0.39 is 12.4 Å². The highest BCUT2D eigenvalue weighted by Crippen LogP contribution is 2.23. The highest BCUT2D eigenvalue weighted by molar-refractivity contribution is 5.91. The smallest absolute Gasteiger partial charge is 0.406 e. The second-order valence-electron chi connectivity index (χ2n) is 4.98. The summed E-state index contributed by atoms with van der Waals surface area (Å²) >= 11 is 0. The number of ether oxygens (including phenoxy) is 1. The first-order chi connectivity index (χ1) is 10.6. The number of benzene rings is 1.